The van der Waals surface area contributed by atoms with Crippen molar-refractivity contribution in [3.63, 3.8) is 0 Å². The molecule has 1 amide bonds. The summed E-state index contributed by atoms with van der Waals surface area (Å²) in [5.74, 6) is -0.0932. The quantitative estimate of drug-likeness (QED) is 0.579. The largest absolute Gasteiger partial charge is 0.271 e. The van der Waals surface area contributed by atoms with Gasteiger partial charge in [-0.25, -0.2) is 4.99 Å². The third kappa shape index (κ3) is 1.35. The van der Waals surface area contributed by atoms with Gasteiger partial charge in [0.05, 0.1) is 10.7 Å². The molecule has 1 heterocycles. The zero-order chi connectivity index (χ0) is 9.42. The second-order valence-electron chi connectivity index (χ2n) is 2.87. The summed E-state index contributed by atoms with van der Waals surface area (Å²) in [6.07, 6.45) is 5.23. The van der Waals surface area contributed by atoms with Crippen LogP contribution in [0.2, 0.25) is 0 Å². The van der Waals surface area contributed by atoms with Gasteiger partial charge in [-0.15, -0.1) is 0 Å². The van der Waals surface area contributed by atoms with Crippen LogP contribution in [0.15, 0.2) is 33.2 Å². The maximum absolute atomic E-state index is 11.4. The zero-order valence-corrected chi connectivity index (χ0v) is 7.75. The number of allylic oxidation sites excluding steroid dienone is 3. The highest BCUT2D eigenvalue weighted by molar-refractivity contribution is 6.47. The van der Waals surface area contributed by atoms with Crippen LogP contribution < -0.4 is 0 Å². The lowest BCUT2D eigenvalue weighted by atomic mass is 9.96. The molecule has 1 atom stereocenters. The smallest absolute Gasteiger partial charge is 0.260 e. The van der Waals surface area contributed by atoms with Crippen LogP contribution in [-0.4, -0.2) is 17.5 Å². The molecule has 0 N–H and O–H groups in total. The van der Waals surface area contributed by atoms with E-state index in [0.29, 0.717) is 16.6 Å². The summed E-state index contributed by atoms with van der Waals surface area (Å²) in [6, 6.07) is 0. The predicted octanol–water partition coefficient (Wildman–Crippen LogP) is 1.69. The van der Waals surface area contributed by atoms with Crippen LogP contribution >= 0.6 is 11.6 Å². The van der Waals surface area contributed by atoms with Gasteiger partial charge in [0.2, 0.25) is 0 Å². The van der Waals surface area contributed by atoms with Crippen molar-refractivity contribution in [2.24, 2.45) is 15.9 Å². The molecule has 0 saturated carbocycles. The van der Waals surface area contributed by atoms with Gasteiger partial charge in [-0.2, -0.15) is 4.99 Å². The number of carbonyl (C=O) groups is 1. The molecule has 66 valence electrons. The molecule has 0 bridgehead atoms. The van der Waals surface area contributed by atoms with Gasteiger partial charge < -0.3 is 0 Å². The van der Waals surface area contributed by atoms with Crippen LogP contribution in [0.5, 0.6) is 0 Å². The minimum atomic E-state index is -0.374. The summed E-state index contributed by atoms with van der Waals surface area (Å²) in [5.41, 5.74) is 0.613. The Balaban J connectivity index is 2.50. The summed E-state index contributed by atoms with van der Waals surface area (Å²) in [7, 11) is 0. The van der Waals surface area contributed by atoms with E-state index in [1.807, 2.05) is 0 Å². The first-order chi connectivity index (χ1) is 6.18. The van der Waals surface area contributed by atoms with Gasteiger partial charge in [0.1, 0.15) is 11.8 Å². The van der Waals surface area contributed by atoms with Crippen molar-refractivity contribution in [3.8, 4) is 0 Å². The number of nitrogens with zero attached hydrogens (tertiary/aromatic N) is 2. The Morgan fingerprint density at radius 1 is 1.46 bits per heavy atom. The molecule has 0 aromatic rings. The van der Waals surface area contributed by atoms with E-state index in [4.69, 9.17) is 11.6 Å². The first-order valence-corrected chi connectivity index (χ1v) is 4.28. The van der Waals surface area contributed by atoms with E-state index in [1.54, 1.807) is 25.2 Å². The molecular formula is C9H7ClN2O. The Morgan fingerprint density at radius 2 is 2.23 bits per heavy atom. The molecule has 0 spiro atoms. The number of hydrogen-bond acceptors (Lipinski definition) is 2. The number of halogens is 1. The summed E-state index contributed by atoms with van der Waals surface area (Å²) >= 11 is 5.89. The second kappa shape index (κ2) is 2.92. The fraction of sp³-hybridized carbons (Fsp3) is 0.222. The number of amidine groups is 1. The van der Waals surface area contributed by atoms with E-state index in [2.05, 4.69) is 9.98 Å². The third-order valence-corrected chi connectivity index (χ3v) is 2.23. The zero-order valence-electron chi connectivity index (χ0n) is 6.99. The van der Waals surface area contributed by atoms with Gasteiger partial charge >= 0.3 is 0 Å². The Kier molecular flexibility index (Phi) is 1.88. The Hall–Kier alpha value is -1.22. The van der Waals surface area contributed by atoms with Crippen molar-refractivity contribution in [1.82, 2.24) is 0 Å². The lowest BCUT2D eigenvalue weighted by Gasteiger charge is -2.18. The predicted molar refractivity (Wildman–Crippen MR) is 52.1 cm³/mol. The van der Waals surface area contributed by atoms with Gasteiger partial charge in [-0.1, -0.05) is 23.8 Å². The fourth-order valence-corrected chi connectivity index (χ4v) is 1.56. The number of fused-ring (bicyclic) bond motifs is 1. The molecule has 0 aromatic heterocycles. The highest BCUT2D eigenvalue weighted by Crippen LogP contribution is 2.23. The number of amides is 1. The van der Waals surface area contributed by atoms with E-state index in [9.17, 15) is 4.79 Å². The molecule has 2 rings (SSSR count). The van der Waals surface area contributed by atoms with Gasteiger partial charge in [-0.3, -0.25) is 4.79 Å². The molecule has 2 aliphatic rings. The molecule has 1 aliphatic heterocycles. The molecule has 0 saturated heterocycles. The number of hydrogen-bond donors (Lipinski definition) is 0. The van der Waals surface area contributed by atoms with Crippen LogP contribution in [0.4, 0.5) is 0 Å². The molecule has 3 nitrogen and oxygen atoms in total. The molecule has 1 aliphatic carbocycles. The van der Waals surface area contributed by atoms with E-state index < -0.39 is 0 Å². The van der Waals surface area contributed by atoms with Crippen LogP contribution in [0, 0.1) is 5.92 Å². The lowest BCUT2D eigenvalue weighted by molar-refractivity contribution is -0.118. The summed E-state index contributed by atoms with van der Waals surface area (Å²) < 4.78 is 0. The molecular weight excluding hydrogens is 188 g/mol. The number of rotatable bonds is 0. The third-order valence-electron chi connectivity index (χ3n) is 1.91. The molecule has 4 heteroatoms. The topological polar surface area (TPSA) is 41.8 Å². The van der Waals surface area contributed by atoms with Crippen molar-refractivity contribution in [1.29, 1.82) is 0 Å². The number of aliphatic imine (C=N–C) groups is 2. The lowest BCUT2D eigenvalue weighted by Crippen LogP contribution is -2.27. The van der Waals surface area contributed by atoms with Crippen LogP contribution in [-0.2, 0) is 4.79 Å². The SMILES string of the molecule is CC1=NC(=O)C2C=CC=C(Cl)C2=N1. The highest BCUT2D eigenvalue weighted by Gasteiger charge is 2.28. The van der Waals surface area contributed by atoms with Gasteiger partial charge in [-0.05, 0) is 13.0 Å². The van der Waals surface area contributed by atoms with E-state index in [-0.39, 0.29) is 11.8 Å². The fourth-order valence-electron chi connectivity index (χ4n) is 1.33. The Bertz CT molecular complexity index is 390. The van der Waals surface area contributed by atoms with Crippen LogP contribution in [0.25, 0.3) is 0 Å². The summed E-state index contributed by atoms with van der Waals surface area (Å²) in [4.78, 5) is 19.3. The van der Waals surface area contributed by atoms with Crippen LogP contribution in [0.3, 0.4) is 0 Å². The van der Waals surface area contributed by atoms with Gasteiger partial charge in [0, 0.05) is 0 Å². The maximum Gasteiger partial charge on any atom is 0.260 e. The second-order valence-corrected chi connectivity index (χ2v) is 3.28. The average Bonchev–Trinajstić information content (AvgIpc) is 2.07. The first-order valence-electron chi connectivity index (χ1n) is 3.90. The molecule has 1 unspecified atom stereocenters. The minimum Gasteiger partial charge on any atom is -0.271 e. The molecule has 0 radical (unpaired) electrons. The minimum absolute atomic E-state index is 0.190. The highest BCUT2D eigenvalue weighted by atomic mass is 35.5. The van der Waals surface area contributed by atoms with Crippen molar-refractivity contribution in [3.05, 3.63) is 23.3 Å². The van der Waals surface area contributed by atoms with Crippen molar-refractivity contribution >= 4 is 29.1 Å². The van der Waals surface area contributed by atoms with Crippen molar-refractivity contribution in [2.45, 2.75) is 6.92 Å². The average molecular weight is 195 g/mol. The maximum atomic E-state index is 11.4. The van der Waals surface area contributed by atoms with E-state index >= 15 is 0 Å². The molecule has 0 fully saturated rings. The standard InChI is InChI=1S/C9H7ClN2O/c1-5-11-8-6(9(13)12-5)3-2-4-7(8)10/h2-4,6H,1H3. The summed E-state index contributed by atoms with van der Waals surface area (Å²) in [6.45, 7) is 1.68. The monoisotopic (exact) mass is 194 g/mol. The molecule has 13 heavy (non-hydrogen) atoms. The number of carbonyl (C=O) groups excluding carboxylic acids is 1. The Morgan fingerprint density at radius 3 is 3.00 bits per heavy atom. The van der Waals surface area contributed by atoms with E-state index in [0.717, 1.165) is 0 Å². The summed E-state index contributed by atoms with van der Waals surface area (Å²) in [5, 5.41) is 0.523. The normalized spacial score (nSPS) is 26.2. The van der Waals surface area contributed by atoms with Gasteiger partial charge in [0.25, 0.3) is 5.91 Å². The molecule has 0 aromatic carbocycles. The van der Waals surface area contributed by atoms with Gasteiger partial charge in [0.15, 0.2) is 0 Å². The van der Waals surface area contributed by atoms with E-state index in [1.165, 1.54) is 0 Å². The van der Waals surface area contributed by atoms with Crippen molar-refractivity contribution in [2.75, 3.05) is 0 Å². The van der Waals surface area contributed by atoms with Crippen LogP contribution in [0.1, 0.15) is 6.92 Å². The first kappa shape index (κ1) is 8.38. The van der Waals surface area contributed by atoms with Crippen molar-refractivity contribution < 1.29 is 4.79 Å². The Labute approximate surface area is 80.5 Å².